The van der Waals surface area contributed by atoms with Crippen LogP contribution in [-0.2, 0) is 0 Å². The predicted molar refractivity (Wildman–Crippen MR) is 51.8 cm³/mol. The molecule has 70 valence electrons. The van der Waals surface area contributed by atoms with Crippen LogP contribution < -0.4 is 5.73 Å². The molecule has 0 aromatic heterocycles. The Bertz CT molecular complexity index is 225. The van der Waals surface area contributed by atoms with Gasteiger partial charge in [-0.15, -0.1) is 0 Å². The van der Waals surface area contributed by atoms with Gasteiger partial charge in [0.05, 0.1) is 0 Å². The van der Waals surface area contributed by atoms with Crippen LogP contribution in [0.15, 0.2) is 0 Å². The molecular weight excluding hydrogens is 146 g/mol. The molecule has 0 spiro atoms. The van der Waals surface area contributed by atoms with E-state index in [0.29, 0.717) is 22.3 Å². The lowest BCUT2D eigenvalue weighted by molar-refractivity contribution is -0.0292. The van der Waals surface area contributed by atoms with E-state index in [1.54, 1.807) is 0 Å². The van der Waals surface area contributed by atoms with Gasteiger partial charge in [-0.1, -0.05) is 27.7 Å². The van der Waals surface area contributed by atoms with Gasteiger partial charge in [-0.25, -0.2) is 0 Å². The lowest BCUT2D eigenvalue weighted by atomic mass is 9.52. The molecule has 2 aliphatic rings. The first-order valence-corrected chi connectivity index (χ1v) is 5.15. The average Bonchev–Trinajstić information content (AvgIpc) is 2.46. The molecule has 1 heteroatoms. The van der Waals surface area contributed by atoms with E-state index < -0.39 is 0 Å². The van der Waals surface area contributed by atoms with E-state index in [1.165, 1.54) is 12.8 Å². The molecule has 12 heavy (non-hydrogen) atoms. The molecule has 0 aliphatic heterocycles. The Morgan fingerprint density at radius 1 is 1.25 bits per heavy atom. The van der Waals surface area contributed by atoms with Crippen molar-refractivity contribution in [3.63, 3.8) is 0 Å². The molecule has 4 unspecified atom stereocenters. The lowest BCUT2D eigenvalue weighted by Gasteiger charge is -2.53. The molecule has 0 heterocycles. The Morgan fingerprint density at radius 3 is 2.08 bits per heavy atom. The molecule has 1 nitrogen and oxygen atoms in total. The Hall–Kier alpha value is -0.0400. The zero-order valence-electron chi connectivity index (χ0n) is 8.78. The Labute approximate surface area is 75.7 Å². The summed E-state index contributed by atoms with van der Waals surface area (Å²) in [4.78, 5) is 0. The number of nitrogens with two attached hydrogens (primary N) is 1. The van der Waals surface area contributed by atoms with Crippen LogP contribution in [0.25, 0.3) is 0 Å². The fourth-order valence-corrected chi connectivity index (χ4v) is 3.77. The van der Waals surface area contributed by atoms with Gasteiger partial charge in [-0.05, 0) is 35.5 Å². The van der Waals surface area contributed by atoms with E-state index in [9.17, 15) is 0 Å². The zero-order valence-corrected chi connectivity index (χ0v) is 8.78. The van der Waals surface area contributed by atoms with Crippen molar-refractivity contribution in [3.8, 4) is 0 Å². The van der Waals surface area contributed by atoms with Crippen molar-refractivity contribution in [3.05, 3.63) is 0 Å². The summed E-state index contributed by atoms with van der Waals surface area (Å²) >= 11 is 0. The van der Waals surface area contributed by atoms with Crippen LogP contribution in [-0.4, -0.2) is 6.04 Å². The second-order valence-corrected chi connectivity index (χ2v) is 5.68. The normalized spacial score (nSPS) is 58.8. The molecule has 0 aromatic rings. The molecular formula is C11H21N. The molecule has 0 saturated heterocycles. The minimum atomic E-state index is 0.415. The van der Waals surface area contributed by atoms with Gasteiger partial charge in [0.15, 0.2) is 0 Å². The Morgan fingerprint density at radius 2 is 1.83 bits per heavy atom. The molecule has 2 fully saturated rings. The molecule has 2 aliphatic carbocycles. The first-order valence-electron chi connectivity index (χ1n) is 5.15. The van der Waals surface area contributed by atoms with Crippen LogP contribution >= 0.6 is 0 Å². The smallest absolute Gasteiger partial charge is 0.00959 e. The largest absolute Gasteiger partial charge is 0.327 e. The van der Waals surface area contributed by atoms with Crippen LogP contribution in [0.5, 0.6) is 0 Å². The molecule has 0 radical (unpaired) electrons. The average molecular weight is 167 g/mol. The highest BCUT2D eigenvalue weighted by molar-refractivity contribution is 5.29. The second-order valence-electron chi connectivity index (χ2n) is 5.68. The van der Waals surface area contributed by atoms with E-state index >= 15 is 0 Å². The van der Waals surface area contributed by atoms with Gasteiger partial charge in [0.2, 0.25) is 0 Å². The summed E-state index contributed by atoms with van der Waals surface area (Å²) in [7, 11) is 0. The monoisotopic (exact) mass is 167 g/mol. The molecule has 2 rings (SSSR count). The summed E-state index contributed by atoms with van der Waals surface area (Å²) in [6.07, 6.45) is 3.89. The SMILES string of the molecule is CCC(N)C1(C)CC2(C)CC21C. The molecule has 0 bridgehead atoms. The van der Waals surface area contributed by atoms with Gasteiger partial charge < -0.3 is 5.73 Å². The minimum Gasteiger partial charge on any atom is -0.327 e. The number of hydrogen-bond acceptors (Lipinski definition) is 1. The van der Waals surface area contributed by atoms with E-state index in [4.69, 9.17) is 5.73 Å². The van der Waals surface area contributed by atoms with Crippen molar-refractivity contribution in [2.24, 2.45) is 22.0 Å². The van der Waals surface area contributed by atoms with Crippen molar-refractivity contribution in [2.45, 2.75) is 53.0 Å². The first kappa shape index (κ1) is 8.55. The molecule has 0 aromatic carbocycles. The van der Waals surface area contributed by atoms with Crippen molar-refractivity contribution in [1.29, 1.82) is 0 Å². The molecule has 4 atom stereocenters. The summed E-state index contributed by atoms with van der Waals surface area (Å²) in [5.41, 5.74) is 7.85. The van der Waals surface area contributed by atoms with Crippen LogP contribution in [0.3, 0.4) is 0 Å². The summed E-state index contributed by atoms with van der Waals surface area (Å²) in [5, 5.41) is 0. The third-order valence-electron chi connectivity index (χ3n) is 5.23. The maximum atomic E-state index is 6.17. The van der Waals surface area contributed by atoms with Gasteiger partial charge >= 0.3 is 0 Å². The fourth-order valence-electron chi connectivity index (χ4n) is 3.77. The second kappa shape index (κ2) is 1.89. The highest BCUT2D eigenvalue weighted by Gasteiger charge is 2.79. The highest BCUT2D eigenvalue weighted by Crippen LogP contribution is 2.85. The van der Waals surface area contributed by atoms with E-state index in [2.05, 4.69) is 27.7 Å². The van der Waals surface area contributed by atoms with Crippen LogP contribution in [0, 0.1) is 16.2 Å². The summed E-state index contributed by atoms with van der Waals surface area (Å²) in [6.45, 7) is 9.43. The summed E-state index contributed by atoms with van der Waals surface area (Å²) < 4.78 is 0. The van der Waals surface area contributed by atoms with Gasteiger partial charge in [0.25, 0.3) is 0 Å². The highest BCUT2D eigenvalue weighted by atomic mass is 14.9. The third-order valence-corrected chi connectivity index (χ3v) is 5.23. The van der Waals surface area contributed by atoms with Gasteiger partial charge in [-0.3, -0.25) is 0 Å². The fraction of sp³-hybridized carbons (Fsp3) is 1.00. The topological polar surface area (TPSA) is 26.0 Å². The van der Waals surface area contributed by atoms with Crippen molar-refractivity contribution >= 4 is 0 Å². The zero-order chi connectivity index (χ0) is 9.20. The maximum Gasteiger partial charge on any atom is 0.00959 e. The number of fused-ring (bicyclic) bond motifs is 1. The summed E-state index contributed by atoms with van der Waals surface area (Å²) in [5.74, 6) is 0. The number of hydrogen-bond donors (Lipinski definition) is 1. The molecule has 0 amide bonds. The Kier molecular flexibility index (Phi) is 1.35. The number of rotatable bonds is 2. The van der Waals surface area contributed by atoms with Gasteiger partial charge in [0.1, 0.15) is 0 Å². The molecule has 2 saturated carbocycles. The quantitative estimate of drug-likeness (QED) is 0.672. The maximum absolute atomic E-state index is 6.17. The standard InChI is InChI=1S/C11H21N/c1-5-8(12)10(3)6-9(2)7-11(9,10)4/h8H,5-7,12H2,1-4H3. The predicted octanol–water partition coefficient (Wildman–Crippen LogP) is 2.55. The lowest BCUT2D eigenvalue weighted by Crippen LogP contribution is -2.54. The van der Waals surface area contributed by atoms with Crippen molar-refractivity contribution in [1.82, 2.24) is 0 Å². The van der Waals surface area contributed by atoms with Crippen LogP contribution in [0.2, 0.25) is 0 Å². The minimum absolute atomic E-state index is 0.415. The van der Waals surface area contributed by atoms with E-state index in [0.717, 1.165) is 6.42 Å². The first-order chi connectivity index (χ1) is 5.40. The van der Waals surface area contributed by atoms with E-state index in [1.807, 2.05) is 0 Å². The third kappa shape index (κ3) is 0.618. The molecule has 2 N–H and O–H groups in total. The van der Waals surface area contributed by atoms with Crippen LogP contribution in [0.1, 0.15) is 47.0 Å². The van der Waals surface area contributed by atoms with Gasteiger partial charge in [0, 0.05) is 6.04 Å². The van der Waals surface area contributed by atoms with Crippen molar-refractivity contribution < 1.29 is 0 Å². The van der Waals surface area contributed by atoms with Gasteiger partial charge in [-0.2, -0.15) is 0 Å². The van der Waals surface area contributed by atoms with Crippen molar-refractivity contribution in [2.75, 3.05) is 0 Å². The summed E-state index contributed by atoms with van der Waals surface area (Å²) in [6, 6.07) is 0.415. The Balaban J connectivity index is 2.17. The van der Waals surface area contributed by atoms with Crippen LogP contribution in [0.4, 0.5) is 0 Å². The van der Waals surface area contributed by atoms with E-state index in [-0.39, 0.29) is 0 Å².